The maximum Gasteiger partial charge on any atom is 0.139 e. The molecule has 1 aliphatic carbocycles. The van der Waals surface area contributed by atoms with Crippen LogP contribution in [-0.4, -0.2) is 0 Å². The van der Waals surface area contributed by atoms with Gasteiger partial charge in [0.15, 0.2) is 0 Å². The minimum absolute atomic E-state index is 0.384. The van der Waals surface area contributed by atoms with Crippen molar-refractivity contribution < 1.29 is 4.74 Å². The summed E-state index contributed by atoms with van der Waals surface area (Å²) in [5.41, 5.74) is 12.6. The van der Waals surface area contributed by atoms with E-state index in [-0.39, 0.29) is 5.41 Å². The van der Waals surface area contributed by atoms with Crippen LogP contribution in [-0.2, 0) is 10.8 Å². The van der Waals surface area contributed by atoms with Crippen molar-refractivity contribution in [2.45, 2.75) is 17.8 Å². The zero-order chi connectivity index (χ0) is 33.3. The fourth-order valence-electron chi connectivity index (χ4n) is 9.01. The van der Waals surface area contributed by atoms with Gasteiger partial charge in [-0.3, -0.25) is 0 Å². The molecule has 236 valence electrons. The summed E-state index contributed by atoms with van der Waals surface area (Å²) in [5, 5.41) is 2.53. The molecule has 10 rings (SSSR count). The Morgan fingerprint density at radius 2 is 1.02 bits per heavy atom. The summed E-state index contributed by atoms with van der Waals surface area (Å²) in [6.07, 6.45) is 0. The van der Waals surface area contributed by atoms with Gasteiger partial charge in [-0.1, -0.05) is 176 Å². The molecule has 1 aliphatic heterocycles. The largest absolute Gasteiger partial charge is 0.456 e. The first-order chi connectivity index (χ1) is 24.7. The van der Waals surface area contributed by atoms with Crippen LogP contribution < -0.4 is 4.74 Å². The van der Waals surface area contributed by atoms with Gasteiger partial charge in [-0.2, -0.15) is 0 Å². The van der Waals surface area contributed by atoms with Crippen molar-refractivity contribution in [1.29, 1.82) is 0 Å². The molecule has 1 unspecified atom stereocenters. The van der Waals surface area contributed by atoms with E-state index < -0.39 is 5.41 Å². The highest BCUT2D eigenvalue weighted by Crippen LogP contribution is 2.60. The number of hydrogen-bond donors (Lipinski definition) is 0. The Bertz CT molecular complexity index is 2530. The highest BCUT2D eigenvalue weighted by atomic mass is 16.5. The molecule has 0 radical (unpaired) electrons. The monoisotopic (exact) mass is 638 g/mol. The molecule has 0 aromatic heterocycles. The second kappa shape index (κ2) is 10.9. The van der Waals surface area contributed by atoms with Gasteiger partial charge in [-0.05, 0) is 74.3 Å². The van der Waals surface area contributed by atoms with Crippen LogP contribution in [0.4, 0.5) is 0 Å². The first-order valence-electron chi connectivity index (χ1n) is 17.4. The third-order valence-corrected chi connectivity index (χ3v) is 11.3. The van der Waals surface area contributed by atoms with E-state index in [1.54, 1.807) is 0 Å². The van der Waals surface area contributed by atoms with Gasteiger partial charge >= 0.3 is 0 Å². The van der Waals surface area contributed by atoms with Crippen LogP contribution in [0.3, 0.4) is 0 Å². The topological polar surface area (TPSA) is 9.23 Å². The lowest BCUT2D eigenvalue weighted by molar-refractivity contribution is 0.429. The van der Waals surface area contributed by atoms with Crippen LogP contribution >= 0.6 is 0 Å². The smallest absolute Gasteiger partial charge is 0.139 e. The van der Waals surface area contributed by atoms with E-state index in [9.17, 15) is 0 Å². The van der Waals surface area contributed by atoms with E-state index in [2.05, 4.69) is 195 Å². The molecule has 0 saturated heterocycles. The molecule has 1 heterocycles. The van der Waals surface area contributed by atoms with Crippen molar-refractivity contribution in [3.8, 4) is 33.8 Å². The lowest BCUT2D eigenvalue weighted by Gasteiger charge is -2.39. The van der Waals surface area contributed by atoms with Crippen LogP contribution in [0.2, 0.25) is 0 Å². The second-order valence-electron chi connectivity index (χ2n) is 13.7. The predicted octanol–water partition coefficient (Wildman–Crippen LogP) is 12.3. The predicted molar refractivity (Wildman–Crippen MR) is 205 cm³/mol. The summed E-state index contributed by atoms with van der Waals surface area (Å²) in [5.74, 6) is 1.82. The number of benzene rings is 8. The standard InChI is InChI=1S/C49H34O/c1-48(35-17-5-2-6-18-35)42-25-13-14-27-45(42)50-47-39(24-15-26-43(47)48)34-29-30-40-41-31-28-33-16-11-12-23-38(33)46(41)49(44(40)32-34,36-19-7-3-8-20-36)37-21-9-4-10-22-37/h2-32H,1H3. The molecule has 50 heavy (non-hydrogen) atoms. The number of fused-ring (bicyclic) bond motifs is 7. The Kier molecular flexibility index (Phi) is 6.29. The molecule has 1 nitrogen and oxygen atoms in total. The van der Waals surface area contributed by atoms with Gasteiger partial charge in [-0.25, -0.2) is 0 Å². The minimum atomic E-state index is -0.523. The zero-order valence-corrected chi connectivity index (χ0v) is 27.8. The maximum absolute atomic E-state index is 6.94. The van der Waals surface area contributed by atoms with Crippen molar-refractivity contribution in [1.82, 2.24) is 0 Å². The summed E-state index contributed by atoms with van der Waals surface area (Å²) in [6.45, 7) is 2.34. The molecule has 2 aliphatic rings. The zero-order valence-electron chi connectivity index (χ0n) is 27.8. The second-order valence-corrected chi connectivity index (χ2v) is 13.7. The highest BCUT2D eigenvalue weighted by molar-refractivity contribution is 6.01. The molecule has 0 amide bonds. The first kappa shape index (κ1) is 28.8. The lowest BCUT2D eigenvalue weighted by atomic mass is 9.66. The van der Waals surface area contributed by atoms with E-state index in [4.69, 9.17) is 4.74 Å². The van der Waals surface area contributed by atoms with Crippen LogP contribution in [0.15, 0.2) is 188 Å². The van der Waals surface area contributed by atoms with Gasteiger partial charge in [0.05, 0.1) is 5.41 Å². The van der Waals surface area contributed by atoms with Crippen molar-refractivity contribution in [3.05, 3.63) is 227 Å². The van der Waals surface area contributed by atoms with E-state index in [1.807, 2.05) is 0 Å². The Balaban J connectivity index is 1.27. The van der Waals surface area contributed by atoms with Crippen molar-refractivity contribution in [2.24, 2.45) is 0 Å². The Morgan fingerprint density at radius 1 is 0.420 bits per heavy atom. The summed E-state index contributed by atoms with van der Waals surface area (Å²) in [7, 11) is 0. The minimum Gasteiger partial charge on any atom is -0.456 e. The van der Waals surface area contributed by atoms with Gasteiger partial charge in [-0.15, -0.1) is 0 Å². The fraction of sp³-hybridized carbons (Fsp3) is 0.0612. The van der Waals surface area contributed by atoms with E-state index in [0.717, 1.165) is 22.6 Å². The van der Waals surface area contributed by atoms with Crippen LogP contribution in [0.25, 0.3) is 33.0 Å². The third kappa shape index (κ3) is 3.89. The average Bonchev–Trinajstić information content (AvgIpc) is 3.50. The molecule has 0 spiro atoms. The van der Waals surface area contributed by atoms with E-state index in [0.29, 0.717) is 0 Å². The molecule has 1 heteroatoms. The van der Waals surface area contributed by atoms with Crippen LogP contribution in [0, 0.1) is 0 Å². The van der Waals surface area contributed by atoms with Gasteiger partial charge in [0.2, 0.25) is 0 Å². The van der Waals surface area contributed by atoms with Gasteiger partial charge in [0.25, 0.3) is 0 Å². The van der Waals surface area contributed by atoms with Crippen molar-refractivity contribution in [3.63, 3.8) is 0 Å². The van der Waals surface area contributed by atoms with Crippen molar-refractivity contribution >= 4 is 10.8 Å². The molecule has 0 N–H and O–H groups in total. The molecular formula is C49H34O. The summed E-state index contributed by atoms with van der Waals surface area (Å²) >= 11 is 0. The average molecular weight is 639 g/mol. The summed E-state index contributed by atoms with van der Waals surface area (Å²) in [4.78, 5) is 0. The third-order valence-electron chi connectivity index (χ3n) is 11.3. The van der Waals surface area contributed by atoms with E-state index >= 15 is 0 Å². The first-order valence-corrected chi connectivity index (χ1v) is 17.4. The molecule has 0 bridgehead atoms. The molecule has 0 saturated carbocycles. The summed E-state index contributed by atoms with van der Waals surface area (Å²) in [6, 6.07) is 68.7. The van der Waals surface area contributed by atoms with Crippen LogP contribution in [0.5, 0.6) is 11.5 Å². The molecule has 1 atom stereocenters. The van der Waals surface area contributed by atoms with Gasteiger partial charge < -0.3 is 4.74 Å². The van der Waals surface area contributed by atoms with Crippen LogP contribution in [0.1, 0.15) is 45.9 Å². The quantitative estimate of drug-likeness (QED) is 0.186. The van der Waals surface area contributed by atoms with Gasteiger partial charge in [0, 0.05) is 22.1 Å². The SMILES string of the molecule is CC1(c2ccccc2)c2ccccc2Oc2c(-c3ccc4c(c3)C(c3ccccc3)(c3ccccc3)c3c-4ccc4ccccc34)cccc21. The van der Waals surface area contributed by atoms with Gasteiger partial charge in [0.1, 0.15) is 11.5 Å². The van der Waals surface area contributed by atoms with E-state index in [1.165, 1.54) is 60.8 Å². The molecule has 8 aromatic rings. The Hall–Kier alpha value is -6.18. The molecule has 8 aromatic carbocycles. The van der Waals surface area contributed by atoms with Crippen molar-refractivity contribution in [2.75, 3.05) is 0 Å². The maximum atomic E-state index is 6.94. The lowest BCUT2D eigenvalue weighted by Crippen LogP contribution is -2.29. The Morgan fingerprint density at radius 3 is 1.76 bits per heavy atom. The molecule has 0 fully saturated rings. The fourth-order valence-corrected chi connectivity index (χ4v) is 9.01. The summed E-state index contributed by atoms with van der Waals surface area (Å²) < 4.78 is 6.94. The highest BCUT2D eigenvalue weighted by Gasteiger charge is 2.47. The Labute approximate surface area is 293 Å². The number of rotatable bonds is 4. The number of ether oxygens (including phenoxy) is 1. The normalized spacial score (nSPS) is 16.5. The number of hydrogen-bond acceptors (Lipinski definition) is 1. The molecular weight excluding hydrogens is 605 g/mol. The number of para-hydroxylation sites is 2.